The molecule has 108 valence electrons. The summed E-state index contributed by atoms with van der Waals surface area (Å²) in [5.41, 5.74) is 1.05. The summed E-state index contributed by atoms with van der Waals surface area (Å²) in [5.74, 6) is 1.50. The summed E-state index contributed by atoms with van der Waals surface area (Å²) in [6.45, 7) is 11.7. The van der Waals surface area contributed by atoms with E-state index in [4.69, 9.17) is 21.1 Å². The molecule has 0 fully saturated rings. The van der Waals surface area contributed by atoms with E-state index in [2.05, 4.69) is 12.2 Å². The summed E-state index contributed by atoms with van der Waals surface area (Å²) in [6.07, 6.45) is 0.206. The Balaban J connectivity index is 3.04. The molecule has 0 aliphatic heterocycles. The average molecular weight is 286 g/mol. The molecule has 0 atom stereocenters. The third kappa shape index (κ3) is 5.29. The Morgan fingerprint density at radius 1 is 1.05 bits per heavy atom. The van der Waals surface area contributed by atoms with Gasteiger partial charge in [-0.2, -0.15) is 0 Å². The molecule has 3 nitrogen and oxygen atoms in total. The van der Waals surface area contributed by atoms with Crippen LogP contribution in [0.2, 0.25) is 5.02 Å². The van der Waals surface area contributed by atoms with Gasteiger partial charge in [-0.1, -0.05) is 18.5 Å². The summed E-state index contributed by atoms with van der Waals surface area (Å²) in [7, 11) is 0. The van der Waals surface area contributed by atoms with Gasteiger partial charge in [-0.25, -0.2) is 0 Å². The molecule has 0 heterocycles. The number of halogens is 1. The Morgan fingerprint density at radius 2 is 1.63 bits per heavy atom. The lowest BCUT2D eigenvalue weighted by Gasteiger charge is -2.18. The maximum Gasteiger partial charge on any atom is 0.141 e. The monoisotopic (exact) mass is 285 g/mol. The molecule has 0 saturated heterocycles. The Labute approximate surface area is 121 Å². The Bertz CT molecular complexity index is 405. The molecule has 19 heavy (non-hydrogen) atoms. The summed E-state index contributed by atoms with van der Waals surface area (Å²) in [4.78, 5) is 0. The van der Waals surface area contributed by atoms with Gasteiger partial charge in [0.2, 0.25) is 0 Å². The molecule has 1 aromatic carbocycles. The number of hydrogen-bond acceptors (Lipinski definition) is 3. The SMILES string of the molecule is CCNCc1cc(Cl)c(OC(C)C)cc1OC(C)C. The fourth-order valence-electron chi connectivity index (χ4n) is 1.68. The number of nitrogens with one attached hydrogen (secondary N) is 1. The third-order valence-corrected chi connectivity index (χ3v) is 2.70. The number of benzene rings is 1. The van der Waals surface area contributed by atoms with Crippen LogP contribution in [0.25, 0.3) is 0 Å². The van der Waals surface area contributed by atoms with Crippen molar-refractivity contribution in [3.63, 3.8) is 0 Å². The van der Waals surface area contributed by atoms with Crippen molar-refractivity contribution in [1.29, 1.82) is 0 Å². The van der Waals surface area contributed by atoms with Crippen LogP contribution in [0.15, 0.2) is 12.1 Å². The zero-order chi connectivity index (χ0) is 14.4. The molecule has 0 aliphatic rings. The predicted molar refractivity (Wildman–Crippen MR) is 80.4 cm³/mol. The predicted octanol–water partition coefficient (Wildman–Crippen LogP) is 4.02. The van der Waals surface area contributed by atoms with Gasteiger partial charge < -0.3 is 14.8 Å². The van der Waals surface area contributed by atoms with Crippen LogP contribution in [0.5, 0.6) is 11.5 Å². The van der Waals surface area contributed by atoms with Crippen molar-refractivity contribution in [1.82, 2.24) is 5.32 Å². The first-order valence-electron chi connectivity index (χ1n) is 6.80. The van der Waals surface area contributed by atoms with Crippen molar-refractivity contribution < 1.29 is 9.47 Å². The van der Waals surface area contributed by atoms with Gasteiger partial charge in [-0.3, -0.25) is 0 Å². The lowest BCUT2D eigenvalue weighted by atomic mass is 10.1. The van der Waals surface area contributed by atoms with E-state index in [1.165, 1.54) is 0 Å². The van der Waals surface area contributed by atoms with E-state index in [0.29, 0.717) is 10.8 Å². The molecule has 0 radical (unpaired) electrons. The van der Waals surface area contributed by atoms with Crippen LogP contribution in [-0.4, -0.2) is 18.8 Å². The highest BCUT2D eigenvalue weighted by Gasteiger charge is 2.13. The second-order valence-electron chi connectivity index (χ2n) is 5.00. The first-order valence-corrected chi connectivity index (χ1v) is 7.18. The quantitative estimate of drug-likeness (QED) is 0.821. The largest absolute Gasteiger partial charge is 0.491 e. The maximum atomic E-state index is 6.25. The van der Waals surface area contributed by atoms with Crippen LogP contribution in [0, 0.1) is 0 Å². The van der Waals surface area contributed by atoms with Crippen LogP contribution in [0.1, 0.15) is 40.2 Å². The Morgan fingerprint density at radius 3 is 2.16 bits per heavy atom. The minimum atomic E-state index is 0.0871. The highest BCUT2D eigenvalue weighted by molar-refractivity contribution is 6.32. The van der Waals surface area contributed by atoms with Gasteiger partial charge in [0.25, 0.3) is 0 Å². The minimum absolute atomic E-state index is 0.0871. The van der Waals surface area contributed by atoms with Gasteiger partial charge in [-0.15, -0.1) is 0 Å². The molecule has 0 bridgehead atoms. The van der Waals surface area contributed by atoms with Gasteiger partial charge in [0.05, 0.1) is 17.2 Å². The van der Waals surface area contributed by atoms with E-state index in [9.17, 15) is 0 Å². The van der Waals surface area contributed by atoms with Gasteiger partial charge in [0, 0.05) is 18.2 Å². The highest BCUT2D eigenvalue weighted by atomic mass is 35.5. The first-order chi connectivity index (χ1) is 8.93. The van der Waals surface area contributed by atoms with Crippen molar-refractivity contribution >= 4 is 11.6 Å². The zero-order valence-corrected chi connectivity index (χ0v) is 13.2. The third-order valence-electron chi connectivity index (χ3n) is 2.41. The minimum Gasteiger partial charge on any atom is -0.491 e. The van der Waals surface area contributed by atoms with Crippen molar-refractivity contribution in [2.45, 2.75) is 53.4 Å². The summed E-state index contributed by atoms with van der Waals surface area (Å²) in [6, 6.07) is 3.80. The molecule has 1 rings (SSSR count). The molecule has 0 spiro atoms. The fraction of sp³-hybridized carbons (Fsp3) is 0.600. The van der Waals surface area contributed by atoms with Crippen molar-refractivity contribution in [2.75, 3.05) is 6.54 Å². The lowest BCUT2D eigenvalue weighted by Crippen LogP contribution is -2.15. The van der Waals surface area contributed by atoms with E-state index in [1.807, 2.05) is 39.8 Å². The van der Waals surface area contributed by atoms with Crippen LogP contribution in [0.4, 0.5) is 0 Å². The Hall–Kier alpha value is -0.930. The molecule has 0 aliphatic carbocycles. The molecular weight excluding hydrogens is 262 g/mol. The molecule has 1 aromatic rings. The van der Waals surface area contributed by atoms with Crippen molar-refractivity contribution in [3.05, 3.63) is 22.7 Å². The molecule has 4 heteroatoms. The van der Waals surface area contributed by atoms with Crippen LogP contribution < -0.4 is 14.8 Å². The summed E-state index contributed by atoms with van der Waals surface area (Å²) < 4.78 is 11.5. The van der Waals surface area contributed by atoms with Gasteiger partial charge in [-0.05, 0) is 40.3 Å². The molecule has 0 amide bonds. The van der Waals surface area contributed by atoms with E-state index < -0.39 is 0 Å². The van der Waals surface area contributed by atoms with Gasteiger partial charge >= 0.3 is 0 Å². The zero-order valence-electron chi connectivity index (χ0n) is 12.4. The van der Waals surface area contributed by atoms with Crippen molar-refractivity contribution in [3.8, 4) is 11.5 Å². The molecule has 0 aromatic heterocycles. The lowest BCUT2D eigenvalue weighted by molar-refractivity contribution is 0.227. The molecular formula is C15H24ClNO2. The summed E-state index contributed by atoms with van der Waals surface area (Å²) >= 11 is 6.25. The van der Waals surface area contributed by atoms with Crippen LogP contribution >= 0.6 is 11.6 Å². The molecule has 1 N–H and O–H groups in total. The van der Waals surface area contributed by atoms with E-state index in [1.54, 1.807) is 0 Å². The molecule has 0 saturated carbocycles. The number of rotatable bonds is 7. The van der Waals surface area contributed by atoms with Gasteiger partial charge in [0.15, 0.2) is 0 Å². The second-order valence-corrected chi connectivity index (χ2v) is 5.41. The van der Waals surface area contributed by atoms with E-state index >= 15 is 0 Å². The topological polar surface area (TPSA) is 30.5 Å². The van der Waals surface area contributed by atoms with E-state index in [-0.39, 0.29) is 12.2 Å². The second kappa shape index (κ2) is 7.61. The summed E-state index contributed by atoms with van der Waals surface area (Å²) in [5, 5.41) is 3.91. The number of ether oxygens (including phenoxy) is 2. The average Bonchev–Trinajstić information content (AvgIpc) is 2.30. The maximum absolute atomic E-state index is 6.25. The van der Waals surface area contributed by atoms with Gasteiger partial charge in [0.1, 0.15) is 11.5 Å². The highest BCUT2D eigenvalue weighted by Crippen LogP contribution is 2.34. The van der Waals surface area contributed by atoms with E-state index in [0.717, 1.165) is 24.4 Å². The molecule has 0 unspecified atom stereocenters. The standard InChI is InChI=1S/C15H24ClNO2/c1-6-17-9-12-7-13(16)15(19-11(4)5)8-14(12)18-10(2)3/h7-8,10-11,17H,6,9H2,1-5H3. The van der Waals surface area contributed by atoms with Crippen LogP contribution in [0.3, 0.4) is 0 Å². The normalized spacial score (nSPS) is 11.2. The first kappa shape index (κ1) is 16.1. The smallest absolute Gasteiger partial charge is 0.141 e. The Kier molecular flexibility index (Phi) is 6.46. The van der Waals surface area contributed by atoms with Crippen LogP contribution in [-0.2, 0) is 6.54 Å². The van der Waals surface area contributed by atoms with Crippen molar-refractivity contribution in [2.24, 2.45) is 0 Å². The number of hydrogen-bond donors (Lipinski definition) is 1. The fourth-order valence-corrected chi connectivity index (χ4v) is 1.91.